The number of hydrogen-bond donors (Lipinski definition) is 1. The maximum absolute atomic E-state index is 13.1. The quantitative estimate of drug-likeness (QED) is 0.105. The second-order valence-electron chi connectivity index (χ2n) is 9.88. The van der Waals surface area contributed by atoms with E-state index in [0.29, 0.717) is 30.5 Å². The molecule has 0 saturated heterocycles. The van der Waals surface area contributed by atoms with Crippen LogP contribution in [0, 0.1) is 11.0 Å². The van der Waals surface area contributed by atoms with Crippen molar-refractivity contribution >= 4 is 26.7 Å². The zero-order chi connectivity index (χ0) is 32.7. The number of fused-ring (bicyclic) bond motifs is 1. The summed E-state index contributed by atoms with van der Waals surface area (Å²) in [7, 11) is -2.83. The second-order valence-corrected chi connectivity index (χ2v) is 11.7. The Kier molecular flexibility index (Phi) is 9.81. The van der Waals surface area contributed by atoms with Gasteiger partial charge in [-0.25, -0.2) is 17.6 Å². The Morgan fingerprint density at radius 1 is 1.00 bits per heavy atom. The van der Waals surface area contributed by atoms with E-state index in [1.807, 2.05) is 0 Å². The smallest absolute Gasteiger partial charge is 0.414 e. The molecule has 0 atom stereocenters. The van der Waals surface area contributed by atoms with Crippen LogP contribution in [0.3, 0.4) is 0 Å². The Morgan fingerprint density at radius 3 is 2.48 bits per heavy atom. The van der Waals surface area contributed by atoms with E-state index in [1.165, 1.54) is 55.6 Å². The SMILES string of the molecule is COc1cc2cc(C(=O)NCCCc3ccc(F)cc3)c(=O)oc2cc1OCCCOc1no[n+]([O-])c1S(=O)(=O)c1ccccc1. The second kappa shape index (κ2) is 14.1. The van der Waals surface area contributed by atoms with Gasteiger partial charge in [0.25, 0.3) is 15.7 Å². The lowest BCUT2D eigenvalue weighted by Gasteiger charge is -2.12. The molecule has 0 aliphatic carbocycles. The highest BCUT2D eigenvalue weighted by Crippen LogP contribution is 2.32. The number of carbonyl (C=O) groups is 1. The summed E-state index contributed by atoms with van der Waals surface area (Å²) in [6, 6.07) is 17.8. The molecule has 3 aromatic carbocycles. The molecular formula is C31H28FN3O10S. The minimum atomic E-state index is -4.25. The third-order valence-corrected chi connectivity index (χ3v) is 8.47. The van der Waals surface area contributed by atoms with Gasteiger partial charge in [-0.15, -0.1) is 0 Å². The Bertz CT molecular complexity index is 2000. The first-order valence-corrected chi connectivity index (χ1v) is 15.5. The summed E-state index contributed by atoms with van der Waals surface area (Å²) in [6.07, 6.45) is 1.43. The number of carbonyl (C=O) groups excluding carboxylic acids is 1. The van der Waals surface area contributed by atoms with Crippen molar-refractivity contribution in [1.29, 1.82) is 0 Å². The lowest BCUT2D eigenvalue weighted by molar-refractivity contribution is -0.832. The molecule has 0 fully saturated rings. The predicted octanol–water partition coefficient (Wildman–Crippen LogP) is 3.61. The number of sulfone groups is 1. The van der Waals surface area contributed by atoms with Gasteiger partial charge in [0.05, 0.1) is 30.4 Å². The monoisotopic (exact) mass is 653 g/mol. The van der Waals surface area contributed by atoms with Gasteiger partial charge in [-0.05, 0) is 59.7 Å². The predicted molar refractivity (Wildman–Crippen MR) is 159 cm³/mol. The molecule has 1 amide bonds. The van der Waals surface area contributed by atoms with Crippen molar-refractivity contribution in [3.63, 3.8) is 0 Å². The van der Waals surface area contributed by atoms with Crippen molar-refractivity contribution < 1.29 is 45.8 Å². The van der Waals surface area contributed by atoms with Crippen LogP contribution in [0.4, 0.5) is 4.39 Å². The van der Waals surface area contributed by atoms with Crippen LogP contribution in [0.15, 0.2) is 96.6 Å². The summed E-state index contributed by atoms with van der Waals surface area (Å²) < 4.78 is 65.3. The molecule has 240 valence electrons. The molecule has 0 aliphatic rings. The van der Waals surface area contributed by atoms with Crippen molar-refractivity contribution in [3.8, 4) is 17.4 Å². The molecule has 5 aromatic rings. The summed E-state index contributed by atoms with van der Waals surface area (Å²) >= 11 is 0. The first-order chi connectivity index (χ1) is 22.2. The summed E-state index contributed by atoms with van der Waals surface area (Å²) in [5.74, 6) is -0.867. The first kappa shape index (κ1) is 32.0. The van der Waals surface area contributed by atoms with Crippen molar-refractivity contribution in [3.05, 3.63) is 105 Å². The van der Waals surface area contributed by atoms with Crippen molar-refractivity contribution in [1.82, 2.24) is 10.5 Å². The number of hydrogen-bond acceptors (Lipinski definition) is 11. The number of rotatable bonds is 14. The molecule has 0 unspecified atom stereocenters. The normalized spacial score (nSPS) is 11.3. The number of aromatic nitrogens is 2. The van der Waals surface area contributed by atoms with E-state index in [2.05, 4.69) is 15.1 Å². The van der Waals surface area contributed by atoms with Gasteiger partial charge in [-0.3, -0.25) is 9.42 Å². The molecule has 0 aliphatic heterocycles. The highest BCUT2D eigenvalue weighted by atomic mass is 32.2. The van der Waals surface area contributed by atoms with Crippen LogP contribution in [0.5, 0.6) is 17.4 Å². The molecule has 13 nitrogen and oxygen atoms in total. The summed E-state index contributed by atoms with van der Waals surface area (Å²) in [5.41, 5.74) is 0.0673. The number of amides is 1. The number of methoxy groups -OCH3 is 1. The molecule has 2 heterocycles. The Labute approximate surface area is 261 Å². The van der Waals surface area contributed by atoms with Gasteiger partial charge in [0, 0.05) is 24.4 Å². The Morgan fingerprint density at radius 2 is 1.74 bits per heavy atom. The van der Waals surface area contributed by atoms with Crippen LogP contribution in [-0.2, 0) is 16.3 Å². The molecule has 0 radical (unpaired) electrons. The molecule has 0 bridgehead atoms. The van der Waals surface area contributed by atoms with Crippen LogP contribution < -0.4 is 30.1 Å². The van der Waals surface area contributed by atoms with Gasteiger partial charge < -0.3 is 29.2 Å². The molecule has 0 spiro atoms. The average Bonchev–Trinajstić information content (AvgIpc) is 3.44. The first-order valence-electron chi connectivity index (χ1n) is 14.0. The van der Waals surface area contributed by atoms with E-state index < -0.39 is 32.3 Å². The van der Waals surface area contributed by atoms with Crippen molar-refractivity contribution in [2.24, 2.45) is 0 Å². The zero-order valence-corrected chi connectivity index (χ0v) is 25.3. The van der Waals surface area contributed by atoms with Crippen LogP contribution in [0.2, 0.25) is 0 Å². The lowest BCUT2D eigenvalue weighted by atomic mass is 10.1. The fourth-order valence-corrected chi connectivity index (χ4v) is 5.74. The van der Waals surface area contributed by atoms with Gasteiger partial charge in [-0.1, -0.05) is 30.3 Å². The van der Waals surface area contributed by atoms with Gasteiger partial charge in [0.2, 0.25) is 0 Å². The van der Waals surface area contributed by atoms with Gasteiger partial charge in [0.15, 0.2) is 11.5 Å². The van der Waals surface area contributed by atoms with E-state index in [1.54, 1.807) is 24.3 Å². The summed E-state index contributed by atoms with van der Waals surface area (Å²) in [5, 5.41) is 17.8. The molecule has 46 heavy (non-hydrogen) atoms. The number of benzene rings is 3. The third-order valence-electron chi connectivity index (χ3n) is 6.74. The molecule has 5 rings (SSSR count). The van der Waals surface area contributed by atoms with Crippen LogP contribution >= 0.6 is 0 Å². The number of ether oxygens (including phenoxy) is 3. The number of nitrogens with one attached hydrogen (secondary N) is 1. The highest BCUT2D eigenvalue weighted by Gasteiger charge is 2.35. The summed E-state index contributed by atoms with van der Waals surface area (Å²) in [4.78, 5) is 25.0. The zero-order valence-electron chi connectivity index (χ0n) is 24.4. The maximum atomic E-state index is 13.1. The molecule has 15 heteroatoms. The van der Waals surface area contributed by atoms with Crippen LogP contribution in [0.25, 0.3) is 11.0 Å². The topological polar surface area (TPSA) is 174 Å². The third kappa shape index (κ3) is 7.26. The highest BCUT2D eigenvalue weighted by molar-refractivity contribution is 7.91. The number of halogens is 1. The number of aryl methyl sites for hydroxylation is 1. The van der Waals surface area contributed by atoms with Gasteiger partial charge in [0.1, 0.15) is 17.0 Å². The molecule has 1 N–H and O–H groups in total. The van der Waals surface area contributed by atoms with E-state index in [0.717, 1.165) is 5.56 Å². The number of nitrogens with zero attached hydrogens (tertiary/aromatic N) is 2. The fraction of sp³-hybridized carbons (Fsp3) is 0.226. The Hall–Kier alpha value is -5.44. The van der Waals surface area contributed by atoms with E-state index >= 15 is 0 Å². The lowest BCUT2D eigenvalue weighted by Crippen LogP contribution is -2.31. The van der Waals surface area contributed by atoms with Crippen LogP contribution in [-0.4, -0.2) is 46.3 Å². The van der Waals surface area contributed by atoms with Gasteiger partial charge in [-0.2, -0.15) is 0 Å². The van der Waals surface area contributed by atoms with E-state index in [4.69, 9.17) is 18.6 Å². The Balaban J connectivity index is 1.18. The summed E-state index contributed by atoms with van der Waals surface area (Å²) in [6.45, 7) is 0.267. The molecule has 0 saturated carbocycles. The minimum Gasteiger partial charge on any atom is -0.493 e. The fourth-order valence-electron chi connectivity index (χ4n) is 4.45. The van der Waals surface area contributed by atoms with Gasteiger partial charge >= 0.3 is 16.5 Å². The van der Waals surface area contributed by atoms with E-state index in [-0.39, 0.29) is 52.1 Å². The average molecular weight is 654 g/mol. The van der Waals surface area contributed by atoms with Crippen molar-refractivity contribution in [2.45, 2.75) is 29.2 Å². The minimum absolute atomic E-state index is 0.0561. The molecule has 2 aromatic heterocycles. The maximum Gasteiger partial charge on any atom is 0.414 e. The van der Waals surface area contributed by atoms with E-state index in [9.17, 15) is 27.6 Å². The standard InChI is InChI=1S/C31H28FN3O10S/c1-41-26-18-21-17-24(28(36)33-14-5-7-20-10-12-22(32)13-11-20)31(37)44-25(21)19-27(26)42-15-6-16-43-29-30(35(38)45-34-29)46(39,40)23-8-3-2-4-9-23/h2-4,8-13,17-19H,5-7,14-16H2,1H3,(H,33,36). The molecular weight excluding hydrogens is 625 g/mol. The van der Waals surface area contributed by atoms with Crippen molar-refractivity contribution in [2.75, 3.05) is 26.9 Å². The largest absolute Gasteiger partial charge is 0.493 e. The van der Waals surface area contributed by atoms with Crippen LogP contribution in [0.1, 0.15) is 28.8 Å².